The highest BCUT2D eigenvalue weighted by Gasteiger charge is 2.37. The largest absolute Gasteiger partial charge is 0.378 e. The third-order valence-electron chi connectivity index (χ3n) is 7.26. The van der Waals surface area contributed by atoms with Crippen LogP contribution in [0.4, 0.5) is 17.1 Å². The molecule has 1 aliphatic rings. The van der Waals surface area contributed by atoms with E-state index in [0.29, 0.717) is 11.1 Å². The number of ketones is 2. The van der Waals surface area contributed by atoms with Crippen molar-refractivity contribution < 1.29 is 9.59 Å². The van der Waals surface area contributed by atoms with Gasteiger partial charge in [0.2, 0.25) is 0 Å². The van der Waals surface area contributed by atoms with E-state index in [1.165, 1.54) is 0 Å². The molecule has 5 rings (SSSR count). The van der Waals surface area contributed by atoms with Crippen LogP contribution in [0.15, 0.2) is 90.5 Å². The van der Waals surface area contributed by atoms with Gasteiger partial charge in [-0.15, -0.1) is 0 Å². The summed E-state index contributed by atoms with van der Waals surface area (Å²) < 4.78 is 0. The van der Waals surface area contributed by atoms with Crippen LogP contribution in [0.1, 0.15) is 26.3 Å². The van der Waals surface area contributed by atoms with Crippen LogP contribution in [-0.4, -0.2) is 53.9 Å². The fourth-order valence-electron chi connectivity index (χ4n) is 4.97. The van der Waals surface area contributed by atoms with Crippen LogP contribution in [-0.2, 0) is 0 Å². The molecule has 0 fully saturated rings. The predicted molar refractivity (Wildman–Crippen MR) is 163 cm³/mol. The Morgan fingerprint density at radius 3 is 1.13 bits per heavy atom. The van der Waals surface area contributed by atoms with Gasteiger partial charge in [0, 0.05) is 70.5 Å². The molecule has 0 N–H and O–H groups in total. The van der Waals surface area contributed by atoms with Gasteiger partial charge in [-0.3, -0.25) is 9.59 Å². The Morgan fingerprint density at radius 2 is 0.795 bits per heavy atom. The number of Topliss-reactive ketones (excluding diaryl/α,β-unsaturated/α-hetero) is 2. The van der Waals surface area contributed by atoms with Crippen molar-refractivity contribution in [2.45, 2.75) is 0 Å². The van der Waals surface area contributed by atoms with Gasteiger partial charge >= 0.3 is 0 Å². The normalized spacial score (nSPS) is 12.4. The highest BCUT2D eigenvalue weighted by atomic mass is 16.2. The molecule has 0 atom stereocenters. The van der Waals surface area contributed by atoms with Gasteiger partial charge in [0.05, 0.1) is 5.57 Å². The van der Waals surface area contributed by atoms with Crippen molar-refractivity contribution in [3.8, 4) is 22.3 Å². The lowest BCUT2D eigenvalue weighted by Crippen LogP contribution is -2.08. The summed E-state index contributed by atoms with van der Waals surface area (Å²) in [5, 5.41) is 0. The summed E-state index contributed by atoms with van der Waals surface area (Å²) in [5.41, 5.74) is 8.51. The van der Waals surface area contributed by atoms with E-state index in [1.807, 2.05) is 142 Å². The maximum atomic E-state index is 14.0. The molecule has 0 saturated heterocycles. The molecule has 0 amide bonds. The zero-order valence-corrected chi connectivity index (χ0v) is 23.3. The topological polar surface area (TPSA) is 43.9 Å². The molecule has 4 aromatic rings. The van der Waals surface area contributed by atoms with E-state index in [9.17, 15) is 9.59 Å². The Hall–Kier alpha value is -4.64. The van der Waals surface area contributed by atoms with Crippen molar-refractivity contribution in [1.29, 1.82) is 0 Å². The van der Waals surface area contributed by atoms with Crippen LogP contribution in [0, 0.1) is 0 Å². The number of allylic oxidation sites excluding steroid dienone is 1. The average molecular weight is 516 g/mol. The van der Waals surface area contributed by atoms with E-state index < -0.39 is 0 Å². The first-order chi connectivity index (χ1) is 18.7. The highest BCUT2D eigenvalue weighted by molar-refractivity contribution is 6.44. The highest BCUT2D eigenvalue weighted by Crippen LogP contribution is 2.41. The monoisotopic (exact) mass is 515 g/mol. The number of hydrogen-bond acceptors (Lipinski definition) is 5. The number of nitrogens with zero attached hydrogens (tertiary/aromatic N) is 3. The molecule has 0 radical (unpaired) electrons. The van der Waals surface area contributed by atoms with Crippen LogP contribution in [0.5, 0.6) is 0 Å². The molecule has 0 aromatic heterocycles. The summed E-state index contributed by atoms with van der Waals surface area (Å²) in [5.74, 6) is -0.463. The number of anilines is 3. The van der Waals surface area contributed by atoms with Crippen molar-refractivity contribution in [3.05, 3.63) is 107 Å². The summed E-state index contributed by atoms with van der Waals surface area (Å²) in [6.07, 6.45) is 1.72. The van der Waals surface area contributed by atoms with E-state index in [4.69, 9.17) is 0 Å². The summed E-state index contributed by atoms with van der Waals surface area (Å²) in [6, 6.07) is 27.9. The molecule has 5 nitrogen and oxygen atoms in total. The summed E-state index contributed by atoms with van der Waals surface area (Å²) >= 11 is 0. The fourth-order valence-corrected chi connectivity index (χ4v) is 4.97. The van der Waals surface area contributed by atoms with Crippen molar-refractivity contribution in [1.82, 2.24) is 0 Å². The first kappa shape index (κ1) is 26.0. The third kappa shape index (κ3) is 4.84. The van der Waals surface area contributed by atoms with E-state index in [0.717, 1.165) is 44.9 Å². The molecule has 0 unspecified atom stereocenters. The zero-order chi connectivity index (χ0) is 27.8. The number of benzene rings is 4. The second-order valence-electron chi connectivity index (χ2n) is 10.5. The first-order valence-electron chi connectivity index (χ1n) is 13.0. The minimum atomic E-state index is -0.231. The van der Waals surface area contributed by atoms with E-state index >= 15 is 0 Å². The Bertz CT molecular complexity index is 1490. The predicted octanol–water partition coefficient (Wildman–Crippen LogP) is 6.68. The maximum absolute atomic E-state index is 14.0. The van der Waals surface area contributed by atoms with Gasteiger partial charge in [0.25, 0.3) is 0 Å². The summed E-state index contributed by atoms with van der Waals surface area (Å²) in [4.78, 5) is 34.0. The Kier molecular flexibility index (Phi) is 6.83. The quantitative estimate of drug-likeness (QED) is 0.212. The molecule has 196 valence electrons. The van der Waals surface area contributed by atoms with Crippen LogP contribution in [0.3, 0.4) is 0 Å². The minimum Gasteiger partial charge on any atom is -0.378 e. The second kappa shape index (κ2) is 10.3. The third-order valence-corrected chi connectivity index (χ3v) is 7.26. The minimum absolute atomic E-state index is 0.200. The van der Waals surface area contributed by atoms with Gasteiger partial charge in [0.15, 0.2) is 11.6 Å². The Balaban J connectivity index is 1.66. The Morgan fingerprint density at radius 1 is 0.462 bits per heavy atom. The smallest absolute Gasteiger partial charge is 0.198 e. The van der Waals surface area contributed by atoms with Crippen LogP contribution in [0.25, 0.3) is 28.3 Å². The molecule has 0 aliphatic heterocycles. The summed E-state index contributed by atoms with van der Waals surface area (Å²) in [7, 11) is 11.9. The van der Waals surface area contributed by atoms with E-state index in [1.54, 1.807) is 6.08 Å². The van der Waals surface area contributed by atoms with Gasteiger partial charge in [-0.05, 0) is 70.3 Å². The number of rotatable bonds is 6. The number of hydrogen-bond donors (Lipinski definition) is 0. The standard InChI is InChI=1S/C34H33N3O2/c1-35(2)25-13-7-22(8-14-25)21-30-33(38)31-28(23-9-15-26(16-10-23)36(3)4)19-20-29(32(31)34(30)39)24-11-17-27(18-12-24)37(5)6/h7-21H,1-6H3. The van der Waals surface area contributed by atoms with E-state index in [2.05, 4.69) is 0 Å². The van der Waals surface area contributed by atoms with Crippen LogP contribution >= 0.6 is 0 Å². The van der Waals surface area contributed by atoms with E-state index in [-0.39, 0.29) is 17.1 Å². The molecule has 0 spiro atoms. The Labute approximate surface area is 230 Å². The molecule has 0 heterocycles. The van der Waals surface area contributed by atoms with Gasteiger partial charge in [0.1, 0.15) is 0 Å². The van der Waals surface area contributed by atoms with Crippen molar-refractivity contribution in [3.63, 3.8) is 0 Å². The first-order valence-corrected chi connectivity index (χ1v) is 13.0. The molecule has 39 heavy (non-hydrogen) atoms. The number of carbonyl (C=O) groups excluding carboxylic acids is 2. The van der Waals surface area contributed by atoms with Gasteiger partial charge in [-0.2, -0.15) is 0 Å². The molecule has 0 bridgehead atoms. The zero-order valence-electron chi connectivity index (χ0n) is 23.3. The molecular weight excluding hydrogens is 482 g/mol. The van der Waals surface area contributed by atoms with Gasteiger partial charge < -0.3 is 14.7 Å². The van der Waals surface area contributed by atoms with Gasteiger partial charge in [-0.1, -0.05) is 48.5 Å². The lowest BCUT2D eigenvalue weighted by Gasteiger charge is -2.16. The average Bonchev–Trinajstić information content (AvgIpc) is 3.18. The van der Waals surface area contributed by atoms with Crippen LogP contribution < -0.4 is 14.7 Å². The van der Waals surface area contributed by atoms with Crippen LogP contribution in [0.2, 0.25) is 0 Å². The van der Waals surface area contributed by atoms with Crippen molar-refractivity contribution in [2.24, 2.45) is 0 Å². The lowest BCUT2D eigenvalue weighted by atomic mass is 9.90. The SMILES string of the molecule is CN(C)c1ccc(C=C2C(=O)c3c(-c4ccc(N(C)C)cc4)ccc(-c4ccc(N(C)C)cc4)c3C2=O)cc1. The number of carbonyl (C=O) groups is 2. The molecule has 1 aliphatic carbocycles. The fraction of sp³-hybridized carbons (Fsp3) is 0.176. The maximum Gasteiger partial charge on any atom is 0.198 e. The van der Waals surface area contributed by atoms with Crippen molar-refractivity contribution in [2.75, 3.05) is 57.0 Å². The number of fused-ring (bicyclic) bond motifs is 1. The molecule has 4 aromatic carbocycles. The molecular formula is C34H33N3O2. The summed E-state index contributed by atoms with van der Waals surface area (Å²) in [6.45, 7) is 0. The lowest BCUT2D eigenvalue weighted by molar-refractivity contribution is 0.0991. The second-order valence-corrected chi connectivity index (χ2v) is 10.5. The van der Waals surface area contributed by atoms with Gasteiger partial charge in [-0.25, -0.2) is 0 Å². The molecule has 0 saturated carbocycles. The molecule has 5 heteroatoms. The van der Waals surface area contributed by atoms with Crippen molar-refractivity contribution >= 4 is 34.7 Å².